The fourth-order valence-corrected chi connectivity index (χ4v) is 3.76. The van der Waals surface area contributed by atoms with Crippen LogP contribution in [0.1, 0.15) is 10.4 Å². The highest BCUT2D eigenvalue weighted by molar-refractivity contribution is 7.89. The van der Waals surface area contributed by atoms with E-state index in [1.165, 1.54) is 30.3 Å². The lowest BCUT2D eigenvalue weighted by molar-refractivity contribution is 0.102. The van der Waals surface area contributed by atoms with Crippen LogP contribution in [0.3, 0.4) is 0 Å². The van der Waals surface area contributed by atoms with Crippen LogP contribution in [0.15, 0.2) is 96.4 Å². The van der Waals surface area contributed by atoms with Gasteiger partial charge >= 0.3 is 6.03 Å². The first-order valence-corrected chi connectivity index (χ1v) is 11.1. The Morgan fingerprint density at radius 1 is 0.781 bits per heavy atom. The van der Waals surface area contributed by atoms with Gasteiger partial charge in [0.25, 0.3) is 5.91 Å². The number of nitrogens with one attached hydrogen (secondary N) is 4. The molecule has 0 aliphatic heterocycles. The van der Waals surface area contributed by atoms with Gasteiger partial charge in [0.15, 0.2) is 0 Å². The van der Waals surface area contributed by atoms with E-state index >= 15 is 0 Å². The monoisotopic (exact) mass is 450 g/mol. The Morgan fingerprint density at radius 2 is 1.38 bits per heavy atom. The van der Waals surface area contributed by atoms with Crippen LogP contribution in [-0.2, 0) is 10.0 Å². The Morgan fingerprint density at radius 3 is 2.00 bits per heavy atom. The van der Waals surface area contributed by atoms with Gasteiger partial charge in [-0.25, -0.2) is 17.9 Å². The fraction of sp³-hybridized carbons (Fsp3) is 0.0435. The van der Waals surface area contributed by atoms with Gasteiger partial charge in [-0.05, 0) is 54.6 Å². The number of benzene rings is 3. The standard InChI is InChI=1S/C23H22N4O4S/c1-2-15-24-32(30,31)21-10-6-7-17(16-21)22(28)25-19-11-13-20(14-12-19)27-23(29)26-18-8-4-3-5-9-18/h2-14,16,24H,1,15H2,(H,25,28)(H2,26,27,29). The molecule has 0 aliphatic rings. The van der Waals surface area contributed by atoms with E-state index < -0.39 is 22.0 Å². The van der Waals surface area contributed by atoms with Gasteiger partial charge in [0.05, 0.1) is 4.90 Å². The van der Waals surface area contributed by atoms with Crippen LogP contribution in [-0.4, -0.2) is 26.9 Å². The van der Waals surface area contributed by atoms with Gasteiger partial charge in [-0.1, -0.05) is 30.3 Å². The predicted molar refractivity (Wildman–Crippen MR) is 125 cm³/mol. The average Bonchev–Trinajstić information content (AvgIpc) is 2.79. The quantitative estimate of drug-likeness (QED) is 0.388. The summed E-state index contributed by atoms with van der Waals surface area (Å²) in [6, 6.07) is 20.9. The van der Waals surface area contributed by atoms with Gasteiger partial charge in [-0.3, -0.25) is 4.79 Å². The van der Waals surface area contributed by atoms with Gasteiger partial charge in [0, 0.05) is 29.2 Å². The van der Waals surface area contributed by atoms with Gasteiger partial charge < -0.3 is 16.0 Å². The lowest BCUT2D eigenvalue weighted by Crippen LogP contribution is -2.24. The molecule has 3 rings (SSSR count). The summed E-state index contributed by atoms with van der Waals surface area (Å²) in [7, 11) is -3.74. The molecule has 4 N–H and O–H groups in total. The van der Waals surface area contributed by atoms with Crippen LogP contribution >= 0.6 is 0 Å². The van der Waals surface area contributed by atoms with Gasteiger partial charge in [0.1, 0.15) is 0 Å². The maximum Gasteiger partial charge on any atom is 0.323 e. The molecule has 0 aliphatic carbocycles. The normalized spacial score (nSPS) is 10.8. The highest BCUT2D eigenvalue weighted by Gasteiger charge is 2.15. The molecule has 0 fully saturated rings. The lowest BCUT2D eigenvalue weighted by atomic mass is 10.2. The van der Waals surface area contributed by atoms with Crippen molar-refractivity contribution in [1.82, 2.24) is 4.72 Å². The van der Waals surface area contributed by atoms with E-state index in [9.17, 15) is 18.0 Å². The van der Waals surface area contributed by atoms with Gasteiger partial charge in [-0.2, -0.15) is 0 Å². The van der Waals surface area contributed by atoms with E-state index in [1.807, 2.05) is 18.2 Å². The minimum atomic E-state index is -3.74. The molecule has 3 aromatic rings. The maximum atomic E-state index is 12.6. The van der Waals surface area contributed by atoms with Crippen molar-refractivity contribution in [3.63, 3.8) is 0 Å². The molecule has 0 heterocycles. The largest absolute Gasteiger partial charge is 0.323 e. The molecule has 0 unspecified atom stereocenters. The number of carbonyl (C=O) groups excluding carboxylic acids is 2. The molecule has 3 amide bonds. The summed E-state index contributed by atoms with van der Waals surface area (Å²) in [6.45, 7) is 3.56. The summed E-state index contributed by atoms with van der Waals surface area (Å²) in [5.74, 6) is -0.465. The third-order valence-corrected chi connectivity index (χ3v) is 5.68. The number of para-hydroxylation sites is 1. The Kier molecular flexibility index (Phi) is 7.37. The summed E-state index contributed by atoms with van der Waals surface area (Å²) in [6.07, 6.45) is 1.43. The number of amides is 3. The number of rotatable bonds is 8. The smallest absolute Gasteiger partial charge is 0.322 e. The minimum Gasteiger partial charge on any atom is -0.322 e. The number of carbonyl (C=O) groups is 2. The minimum absolute atomic E-state index is 0.0176. The fourth-order valence-electron chi connectivity index (χ4n) is 2.71. The molecule has 0 saturated carbocycles. The van der Waals surface area contributed by atoms with Crippen LogP contribution < -0.4 is 20.7 Å². The van der Waals surface area contributed by atoms with Crippen LogP contribution in [0.5, 0.6) is 0 Å². The number of sulfonamides is 1. The first-order chi connectivity index (χ1) is 15.4. The Hall–Kier alpha value is -3.95. The zero-order valence-electron chi connectivity index (χ0n) is 17.0. The Balaban J connectivity index is 1.62. The molecule has 32 heavy (non-hydrogen) atoms. The summed E-state index contributed by atoms with van der Waals surface area (Å²) >= 11 is 0. The van der Waals surface area contributed by atoms with E-state index in [0.717, 1.165) is 0 Å². The van der Waals surface area contributed by atoms with Crippen molar-refractivity contribution >= 4 is 39.0 Å². The van der Waals surface area contributed by atoms with Gasteiger partial charge in [-0.15, -0.1) is 6.58 Å². The second kappa shape index (κ2) is 10.4. The molecule has 0 saturated heterocycles. The highest BCUT2D eigenvalue weighted by atomic mass is 32.2. The van der Waals surface area contributed by atoms with Crippen LogP contribution in [0, 0.1) is 0 Å². The summed E-state index contributed by atoms with van der Waals surface area (Å²) in [5.41, 5.74) is 1.88. The molecule has 0 spiro atoms. The number of hydrogen-bond donors (Lipinski definition) is 4. The summed E-state index contributed by atoms with van der Waals surface area (Å²) in [4.78, 5) is 24.6. The zero-order chi connectivity index (χ0) is 23.0. The predicted octanol–water partition coefficient (Wildman–Crippen LogP) is 4.05. The SMILES string of the molecule is C=CCNS(=O)(=O)c1cccc(C(=O)Nc2ccc(NC(=O)Nc3ccccc3)cc2)c1. The van der Waals surface area contributed by atoms with Crippen molar-refractivity contribution in [2.45, 2.75) is 4.90 Å². The van der Waals surface area contributed by atoms with E-state index in [1.54, 1.807) is 36.4 Å². The van der Waals surface area contributed by atoms with E-state index in [2.05, 4.69) is 27.3 Å². The van der Waals surface area contributed by atoms with Crippen molar-refractivity contribution in [2.75, 3.05) is 22.5 Å². The van der Waals surface area contributed by atoms with Crippen LogP contribution in [0.4, 0.5) is 21.9 Å². The average molecular weight is 451 g/mol. The Labute approximate surface area is 186 Å². The molecule has 3 aromatic carbocycles. The third kappa shape index (κ3) is 6.27. The Bertz CT molecular complexity index is 1210. The second-order valence-corrected chi connectivity index (χ2v) is 8.41. The molecule has 164 valence electrons. The van der Waals surface area contributed by atoms with Crippen molar-refractivity contribution in [1.29, 1.82) is 0 Å². The number of hydrogen-bond acceptors (Lipinski definition) is 4. The van der Waals surface area contributed by atoms with Crippen LogP contribution in [0.2, 0.25) is 0 Å². The number of urea groups is 1. The molecular formula is C23H22N4O4S. The first kappa shape index (κ1) is 22.7. The van der Waals surface area contributed by atoms with Crippen molar-refractivity contribution in [3.05, 3.63) is 97.1 Å². The zero-order valence-corrected chi connectivity index (χ0v) is 17.9. The molecule has 0 atom stereocenters. The molecular weight excluding hydrogens is 428 g/mol. The van der Waals surface area contributed by atoms with Crippen molar-refractivity contribution < 1.29 is 18.0 Å². The maximum absolute atomic E-state index is 12.6. The van der Waals surface area contributed by atoms with Gasteiger partial charge in [0.2, 0.25) is 10.0 Å². The molecule has 0 bridgehead atoms. The van der Waals surface area contributed by atoms with E-state index in [-0.39, 0.29) is 17.0 Å². The molecule has 8 nitrogen and oxygen atoms in total. The highest BCUT2D eigenvalue weighted by Crippen LogP contribution is 2.17. The first-order valence-electron chi connectivity index (χ1n) is 9.62. The van der Waals surface area contributed by atoms with E-state index in [0.29, 0.717) is 17.1 Å². The molecule has 9 heteroatoms. The molecule has 0 aromatic heterocycles. The second-order valence-electron chi connectivity index (χ2n) is 6.65. The number of anilines is 3. The van der Waals surface area contributed by atoms with Crippen molar-refractivity contribution in [3.8, 4) is 0 Å². The molecule has 0 radical (unpaired) electrons. The summed E-state index contributed by atoms with van der Waals surface area (Å²) in [5, 5.41) is 8.11. The topological polar surface area (TPSA) is 116 Å². The van der Waals surface area contributed by atoms with Crippen LogP contribution in [0.25, 0.3) is 0 Å². The third-order valence-electron chi connectivity index (χ3n) is 4.26. The van der Waals surface area contributed by atoms with Crippen molar-refractivity contribution in [2.24, 2.45) is 0 Å². The van der Waals surface area contributed by atoms with E-state index in [4.69, 9.17) is 0 Å². The summed E-state index contributed by atoms with van der Waals surface area (Å²) < 4.78 is 26.8. The lowest BCUT2D eigenvalue weighted by Gasteiger charge is -2.10.